The summed E-state index contributed by atoms with van der Waals surface area (Å²) in [6, 6.07) is 31.2. The minimum atomic E-state index is -4.14. The molecule has 0 fully saturated rings. The fourth-order valence-electron chi connectivity index (χ4n) is 4.29. The van der Waals surface area contributed by atoms with E-state index in [1.807, 2.05) is 84.9 Å². The van der Waals surface area contributed by atoms with Crippen molar-refractivity contribution >= 4 is 32.8 Å². The van der Waals surface area contributed by atoms with Crippen LogP contribution in [0.5, 0.6) is 0 Å². The van der Waals surface area contributed by atoms with E-state index in [1.165, 1.54) is 18.3 Å². The van der Waals surface area contributed by atoms with Gasteiger partial charge in [0, 0.05) is 28.3 Å². The SMILES string of the molecule is Cc1ccc(S(=O)(=O)N/N=C\c2c(-c3ccccc3)n(-c3ccccc3)c3ccccc23)cc1[N+](=O)[O-]. The first-order valence-electron chi connectivity index (χ1n) is 11.4. The van der Waals surface area contributed by atoms with Crippen molar-refractivity contribution < 1.29 is 13.3 Å². The number of nitrogens with one attached hydrogen (secondary N) is 1. The van der Waals surface area contributed by atoms with Gasteiger partial charge in [0.25, 0.3) is 15.7 Å². The second kappa shape index (κ2) is 9.71. The lowest BCUT2D eigenvalue weighted by atomic mass is 10.1. The van der Waals surface area contributed by atoms with Crippen molar-refractivity contribution in [1.82, 2.24) is 9.40 Å². The predicted octanol–water partition coefficient (Wildman–Crippen LogP) is 5.83. The van der Waals surface area contributed by atoms with E-state index in [-0.39, 0.29) is 10.6 Å². The van der Waals surface area contributed by atoms with Gasteiger partial charge in [-0.2, -0.15) is 13.5 Å². The largest absolute Gasteiger partial charge is 0.309 e. The fraction of sp³-hybridized carbons (Fsp3) is 0.0357. The third kappa shape index (κ3) is 4.60. The number of nitro benzene ring substituents is 1. The summed E-state index contributed by atoms with van der Waals surface area (Å²) in [5, 5.41) is 16.2. The molecule has 0 aliphatic carbocycles. The Kier molecular flexibility index (Phi) is 6.29. The third-order valence-electron chi connectivity index (χ3n) is 6.03. The van der Waals surface area contributed by atoms with Gasteiger partial charge in [-0.3, -0.25) is 10.1 Å². The van der Waals surface area contributed by atoms with Crippen molar-refractivity contribution in [2.75, 3.05) is 0 Å². The topological polar surface area (TPSA) is 107 Å². The molecule has 1 aromatic heterocycles. The van der Waals surface area contributed by atoms with Crippen LogP contribution in [0.3, 0.4) is 0 Å². The number of aryl methyl sites for hydroxylation is 1. The molecule has 4 aromatic carbocycles. The van der Waals surface area contributed by atoms with E-state index in [0.29, 0.717) is 5.56 Å². The summed E-state index contributed by atoms with van der Waals surface area (Å²) < 4.78 is 27.9. The van der Waals surface area contributed by atoms with Crippen molar-refractivity contribution in [1.29, 1.82) is 0 Å². The molecule has 5 aromatic rings. The van der Waals surface area contributed by atoms with Crippen LogP contribution < -0.4 is 4.83 Å². The van der Waals surface area contributed by atoms with Crippen LogP contribution in [0.1, 0.15) is 11.1 Å². The zero-order valence-corrected chi connectivity index (χ0v) is 20.6. The molecule has 0 amide bonds. The van der Waals surface area contributed by atoms with Gasteiger partial charge in [-0.15, -0.1) is 0 Å². The van der Waals surface area contributed by atoms with E-state index in [4.69, 9.17) is 0 Å². The Balaban J connectivity index is 1.63. The van der Waals surface area contributed by atoms with Gasteiger partial charge in [-0.25, -0.2) is 4.83 Å². The summed E-state index contributed by atoms with van der Waals surface area (Å²) in [6.45, 7) is 1.55. The average Bonchev–Trinajstić information content (AvgIpc) is 3.24. The first kappa shape index (κ1) is 24.0. The van der Waals surface area contributed by atoms with Crippen LogP contribution >= 0.6 is 0 Å². The molecule has 37 heavy (non-hydrogen) atoms. The molecule has 0 spiro atoms. The lowest BCUT2D eigenvalue weighted by Crippen LogP contribution is -2.18. The number of nitro groups is 1. The molecule has 0 saturated carbocycles. The van der Waals surface area contributed by atoms with Gasteiger partial charge in [0.15, 0.2) is 0 Å². The number of rotatable bonds is 7. The van der Waals surface area contributed by atoms with Gasteiger partial charge in [0.05, 0.1) is 27.2 Å². The van der Waals surface area contributed by atoms with Gasteiger partial charge in [-0.1, -0.05) is 72.8 Å². The quantitative estimate of drug-likeness (QED) is 0.169. The lowest BCUT2D eigenvalue weighted by molar-refractivity contribution is -0.385. The van der Waals surface area contributed by atoms with Gasteiger partial charge < -0.3 is 4.57 Å². The number of aromatic nitrogens is 1. The Hall–Kier alpha value is -4.76. The lowest BCUT2D eigenvalue weighted by Gasteiger charge is -2.12. The van der Waals surface area contributed by atoms with Gasteiger partial charge in [0.1, 0.15) is 0 Å². The fourth-order valence-corrected chi connectivity index (χ4v) is 5.10. The Morgan fingerprint density at radius 1 is 0.892 bits per heavy atom. The maximum atomic E-state index is 12.9. The maximum Gasteiger partial charge on any atom is 0.276 e. The molecule has 8 nitrogen and oxygen atoms in total. The minimum absolute atomic E-state index is 0.239. The molecule has 0 bridgehead atoms. The minimum Gasteiger partial charge on any atom is -0.309 e. The molecule has 5 rings (SSSR count). The highest BCUT2D eigenvalue weighted by molar-refractivity contribution is 7.89. The molecule has 0 saturated heterocycles. The Bertz CT molecular complexity index is 1750. The summed E-state index contributed by atoms with van der Waals surface area (Å²) in [6.07, 6.45) is 1.48. The molecule has 0 aliphatic heterocycles. The summed E-state index contributed by atoms with van der Waals surface area (Å²) >= 11 is 0. The molecule has 0 radical (unpaired) electrons. The third-order valence-corrected chi connectivity index (χ3v) is 7.25. The Morgan fingerprint density at radius 2 is 1.54 bits per heavy atom. The van der Waals surface area contributed by atoms with Crippen LogP contribution in [0.25, 0.3) is 27.8 Å². The molecule has 0 aliphatic rings. The summed E-state index contributed by atoms with van der Waals surface area (Å²) in [5.74, 6) is 0. The van der Waals surface area contributed by atoms with E-state index < -0.39 is 14.9 Å². The molecular weight excluding hydrogens is 488 g/mol. The molecule has 0 unspecified atom stereocenters. The van der Waals surface area contributed by atoms with Crippen molar-refractivity contribution in [2.24, 2.45) is 5.10 Å². The Morgan fingerprint density at radius 3 is 2.24 bits per heavy atom. The summed E-state index contributed by atoms with van der Waals surface area (Å²) in [5.41, 5.74) is 4.49. The summed E-state index contributed by atoms with van der Waals surface area (Å²) in [4.78, 5) is 12.6. The highest BCUT2D eigenvalue weighted by Gasteiger charge is 2.21. The number of hydrogen-bond acceptors (Lipinski definition) is 5. The molecule has 1 heterocycles. The normalized spacial score (nSPS) is 11.7. The standard InChI is InChI=1S/C28H22N4O4S/c1-20-16-17-23(18-27(20)32(33)34)37(35,36)30-29-19-25-24-14-8-9-15-26(24)31(22-12-6-3-7-13-22)28(25)21-10-4-2-5-11-21/h2-19,30H,1H3/b29-19-. The highest BCUT2D eigenvalue weighted by Crippen LogP contribution is 2.35. The number of sulfonamides is 1. The van der Waals surface area contributed by atoms with Crippen LogP contribution in [-0.2, 0) is 10.0 Å². The zero-order chi connectivity index (χ0) is 26.0. The van der Waals surface area contributed by atoms with Crippen LogP contribution in [0, 0.1) is 17.0 Å². The predicted molar refractivity (Wildman–Crippen MR) is 144 cm³/mol. The maximum absolute atomic E-state index is 12.9. The van der Waals surface area contributed by atoms with Crippen LogP contribution in [0.15, 0.2) is 113 Å². The molecule has 184 valence electrons. The first-order chi connectivity index (χ1) is 17.9. The summed E-state index contributed by atoms with van der Waals surface area (Å²) in [7, 11) is -4.14. The van der Waals surface area contributed by atoms with E-state index in [0.717, 1.165) is 39.5 Å². The molecule has 0 atom stereocenters. The van der Waals surface area contributed by atoms with Crippen molar-refractivity contribution in [3.8, 4) is 16.9 Å². The molecule has 9 heteroatoms. The molecular formula is C28H22N4O4S. The second-order valence-electron chi connectivity index (χ2n) is 8.37. The Labute approximate surface area is 213 Å². The van der Waals surface area contributed by atoms with Crippen LogP contribution in [-0.4, -0.2) is 24.1 Å². The van der Waals surface area contributed by atoms with Gasteiger partial charge in [-0.05, 0) is 36.8 Å². The van der Waals surface area contributed by atoms with E-state index in [9.17, 15) is 18.5 Å². The van der Waals surface area contributed by atoms with Crippen molar-refractivity contribution in [3.63, 3.8) is 0 Å². The smallest absolute Gasteiger partial charge is 0.276 e. The number of hydrogen-bond donors (Lipinski definition) is 1. The van der Waals surface area contributed by atoms with Gasteiger partial charge >= 0.3 is 0 Å². The first-order valence-corrected chi connectivity index (χ1v) is 12.9. The second-order valence-corrected chi connectivity index (χ2v) is 10.0. The number of hydrazone groups is 1. The number of nitrogens with zero attached hydrogens (tertiary/aromatic N) is 3. The zero-order valence-electron chi connectivity index (χ0n) is 19.8. The van der Waals surface area contributed by atoms with E-state index >= 15 is 0 Å². The van der Waals surface area contributed by atoms with Crippen LogP contribution in [0.2, 0.25) is 0 Å². The highest BCUT2D eigenvalue weighted by atomic mass is 32.2. The van der Waals surface area contributed by atoms with Gasteiger partial charge in [0.2, 0.25) is 0 Å². The van der Waals surface area contributed by atoms with Crippen LogP contribution in [0.4, 0.5) is 5.69 Å². The number of benzene rings is 4. The van der Waals surface area contributed by atoms with E-state index in [1.54, 1.807) is 6.92 Å². The number of para-hydroxylation sites is 2. The monoisotopic (exact) mass is 510 g/mol. The average molecular weight is 511 g/mol. The van der Waals surface area contributed by atoms with Crippen molar-refractivity contribution in [2.45, 2.75) is 11.8 Å². The van der Waals surface area contributed by atoms with E-state index in [2.05, 4.69) is 14.5 Å². The van der Waals surface area contributed by atoms with Crippen molar-refractivity contribution in [3.05, 3.63) is 124 Å². The number of fused-ring (bicyclic) bond motifs is 1. The molecule has 1 N–H and O–H groups in total.